The molecular formula is C30H38F2N10O3. The van der Waals surface area contributed by atoms with E-state index >= 15 is 0 Å². The summed E-state index contributed by atoms with van der Waals surface area (Å²) >= 11 is 0. The van der Waals surface area contributed by atoms with Gasteiger partial charge in [0.15, 0.2) is 29.2 Å². The molecule has 240 valence electrons. The number of anilines is 1. The first-order valence-corrected chi connectivity index (χ1v) is 14.0. The largest absolute Gasteiger partial charge is 0.494 e. The number of nitrogens with one attached hydrogen (secondary N) is 3. The third-order valence-electron chi connectivity index (χ3n) is 6.74. The quantitative estimate of drug-likeness (QED) is 0.0885. The fraction of sp³-hybridized carbons (Fsp3) is 0.300. The van der Waals surface area contributed by atoms with Gasteiger partial charge in [-0.2, -0.15) is 4.39 Å². The van der Waals surface area contributed by atoms with Crippen molar-refractivity contribution in [3.8, 4) is 17.0 Å². The Labute approximate surface area is 259 Å². The Morgan fingerprint density at radius 2 is 1.89 bits per heavy atom. The van der Waals surface area contributed by atoms with Crippen LogP contribution in [-0.4, -0.2) is 65.9 Å². The van der Waals surface area contributed by atoms with Crippen LogP contribution in [0.1, 0.15) is 35.1 Å². The number of ether oxygens (including phenoxy) is 1. The third-order valence-corrected chi connectivity index (χ3v) is 6.74. The van der Waals surface area contributed by atoms with E-state index < -0.39 is 17.7 Å². The van der Waals surface area contributed by atoms with Gasteiger partial charge in [0, 0.05) is 49.7 Å². The number of aromatic nitrogens is 2. The van der Waals surface area contributed by atoms with E-state index in [1.54, 1.807) is 29.8 Å². The van der Waals surface area contributed by atoms with Crippen LogP contribution in [0.15, 0.2) is 59.3 Å². The van der Waals surface area contributed by atoms with Gasteiger partial charge < -0.3 is 42.5 Å². The van der Waals surface area contributed by atoms with Crippen LogP contribution in [0.25, 0.3) is 11.3 Å². The van der Waals surface area contributed by atoms with E-state index in [1.807, 2.05) is 6.92 Å². The maximum atomic E-state index is 14.8. The van der Waals surface area contributed by atoms with Crippen molar-refractivity contribution < 1.29 is 23.1 Å². The first-order chi connectivity index (χ1) is 21.5. The highest BCUT2D eigenvalue weighted by Crippen LogP contribution is 2.30. The number of amides is 2. The number of benzene rings is 2. The smallest absolute Gasteiger partial charge is 0.251 e. The molecule has 1 atom stereocenters. The summed E-state index contributed by atoms with van der Waals surface area (Å²) in [6, 6.07) is 7.13. The Morgan fingerprint density at radius 3 is 2.56 bits per heavy atom. The van der Waals surface area contributed by atoms with Crippen LogP contribution in [0.4, 0.5) is 14.5 Å². The molecule has 0 unspecified atom stereocenters. The first kappa shape index (κ1) is 34.2. The monoisotopic (exact) mass is 624 g/mol. The second kappa shape index (κ2) is 16.0. The number of methoxy groups -OCH3 is 1. The number of carbonyl (C=O) groups excluding carboxylic acids is 2. The molecule has 0 spiro atoms. The number of carbonyl (C=O) groups is 2. The Bertz CT molecular complexity index is 1600. The summed E-state index contributed by atoms with van der Waals surface area (Å²) < 4.78 is 35.6. The molecule has 0 fully saturated rings. The average Bonchev–Trinajstić information content (AvgIpc) is 3.40. The summed E-state index contributed by atoms with van der Waals surface area (Å²) in [6.45, 7) is 6.17. The summed E-state index contributed by atoms with van der Waals surface area (Å²) in [5, 5.41) is 8.63. The number of rotatable bonds is 14. The van der Waals surface area contributed by atoms with Gasteiger partial charge in [-0.1, -0.05) is 13.5 Å². The van der Waals surface area contributed by atoms with E-state index in [2.05, 4.69) is 37.5 Å². The van der Waals surface area contributed by atoms with Crippen molar-refractivity contribution in [1.29, 1.82) is 0 Å². The molecule has 0 bridgehead atoms. The summed E-state index contributed by atoms with van der Waals surface area (Å²) in [6.07, 6.45) is 3.55. The van der Waals surface area contributed by atoms with Crippen molar-refractivity contribution in [2.75, 3.05) is 32.1 Å². The molecule has 3 rings (SSSR count). The molecule has 45 heavy (non-hydrogen) atoms. The lowest BCUT2D eigenvalue weighted by Crippen LogP contribution is -2.44. The molecular weight excluding hydrogens is 586 g/mol. The first-order valence-electron chi connectivity index (χ1n) is 14.0. The number of aliphatic imine (C=N–C) groups is 2. The molecule has 15 heteroatoms. The lowest BCUT2D eigenvalue weighted by Gasteiger charge is -2.15. The van der Waals surface area contributed by atoms with Gasteiger partial charge >= 0.3 is 0 Å². The zero-order valence-corrected chi connectivity index (χ0v) is 25.4. The lowest BCUT2D eigenvalue weighted by molar-refractivity contribution is -0.122. The third kappa shape index (κ3) is 8.63. The molecule has 0 aliphatic heterocycles. The predicted octanol–water partition coefficient (Wildman–Crippen LogP) is 1.78. The maximum Gasteiger partial charge on any atom is 0.251 e. The molecule has 0 aliphatic rings. The van der Waals surface area contributed by atoms with E-state index in [0.717, 1.165) is 5.56 Å². The van der Waals surface area contributed by atoms with Crippen molar-refractivity contribution in [2.45, 2.75) is 25.8 Å². The van der Waals surface area contributed by atoms with Gasteiger partial charge in [0.2, 0.25) is 11.7 Å². The van der Waals surface area contributed by atoms with Gasteiger partial charge in [0.05, 0.1) is 25.0 Å². The SMILES string of the molecule is C=CN=C(Nc1ccc(C(=O)NCCNC(=O)[C@@H](N)CCN=C(N)N)c(CC)c1)c1ncc(-c2ccc(OC)c(F)c2F)n1C. The summed E-state index contributed by atoms with van der Waals surface area (Å²) in [5.74, 6) is -2.51. The zero-order chi connectivity index (χ0) is 33.1. The van der Waals surface area contributed by atoms with Gasteiger partial charge in [0.25, 0.3) is 5.91 Å². The number of imidazole rings is 1. The Hall–Kier alpha value is -5.31. The van der Waals surface area contributed by atoms with Crippen molar-refractivity contribution in [2.24, 2.45) is 34.2 Å². The molecule has 13 nitrogen and oxygen atoms in total. The fourth-order valence-electron chi connectivity index (χ4n) is 4.38. The van der Waals surface area contributed by atoms with Crippen LogP contribution < -0.4 is 37.9 Å². The minimum atomic E-state index is -1.10. The molecule has 1 aromatic heterocycles. The normalized spacial score (nSPS) is 11.8. The second-order valence-electron chi connectivity index (χ2n) is 9.73. The summed E-state index contributed by atoms with van der Waals surface area (Å²) in [4.78, 5) is 37.5. The van der Waals surface area contributed by atoms with E-state index in [9.17, 15) is 18.4 Å². The molecule has 3 aromatic rings. The number of halogens is 2. The Kier molecular flexibility index (Phi) is 12.1. The van der Waals surface area contributed by atoms with Crippen LogP contribution in [0.2, 0.25) is 0 Å². The van der Waals surface area contributed by atoms with Crippen molar-refractivity contribution in [3.63, 3.8) is 0 Å². The number of nitrogens with zero attached hydrogens (tertiary/aromatic N) is 4. The van der Waals surface area contributed by atoms with Crippen LogP contribution in [-0.2, 0) is 18.3 Å². The van der Waals surface area contributed by atoms with Gasteiger partial charge in [0.1, 0.15) is 0 Å². The highest BCUT2D eigenvalue weighted by Gasteiger charge is 2.21. The molecule has 0 aliphatic carbocycles. The van der Waals surface area contributed by atoms with Crippen molar-refractivity contribution >= 4 is 29.3 Å². The van der Waals surface area contributed by atoms with Gasteiger partial charge in [-0.05, 0) is 48.7 Å². The van der Waals surface area contributed by atoms with Gasteiger partial charge in [-0.25, -0.2) is 14.4 Å². The highest BCUT2D eigenvalue weighted by atomic mass is 19.2. The van der Waals surface area contributed by atoms with E-state index in [0.29, 0.717) is 35.0 Å². The predicted molar refractivity (Wildman–Crippen MR) is 170 cm³/mol. The Balaban J connectivity index is 1.69. The van der Waals surface area contributed by atoms with Crippen molar-refractivity contribution in [3.05, 3.63) is 77.9 Å². The van der Waals surface area contributed by atoms with Gasteiger partial charge in [-0.15, -0.1) is 0 Å². The highest BCUT2D eigenvalue weighted by molar-refractivity contribution is 6.07. The molecule has 2 aromatic carbocycles. The van der Waals surface area contributed by atoms with Crippen LogP contribution in [0.5, 0.6) is 5.75 Å². The molecule has 2 amide bonds. The number of aryl methyl sites for hydroxylation is 1. The minimum Gasteiger partial charge on any atom is -0.494 e. The fourth-order valence-corrected chi connectivity index (χ4v) is 4.38. The molecule has 0 radical (unpaired) electrons. The number of nitrogens with two attached hydrogens (primary N) is 3. The minimum absolute atomic E-state index is 0.00129. The Morgan fingerprint density at radius 1 is 1.16 bits per heavy atom. The number of hydrogen-bond donors (Lipinski definition) is 6. The second-order valence-corrected chi connectivity index (χ2v) is 9.73. The average molecular weight is 625 g/mol. The summed E-state index contributed by atoms with van der Waals surface area (Å²) in [5.41, 5.74) is 18.5. The molecule has 9 N–H and O–H groups in total. The number of amidine groups is 1. The van der Waals surface area contributed by atoms with Crippen LogP contribution in [0.3, 0.4) is 0 Å². The molecule has 1 heterocycles. The number of guanidine groups is 1. The van der Waals surface area contributed by atoms with Crippen LogP contribution in [0, 0.1) is 11.6 Å². The van der Waals surface area contributed by atoms with E-state index in [1.165, 1.54) is 31.6 Å². The maximum absolute atomic E-state index is 14.8. The lowest BCUT2D eigenvalue weighted by atomic mass is 10.0. The van der Waals surface area contributed by atoms with Crippen LogP contribution >= 0.6 is 0 Å². The standard InChI is InChI=1S/C30H38F2N10O3/c1-5-17-15-18(7-8-19(17)28(43)37-13-14-38-29(44)21(33)11-12-39-30(34)35)41-26(36-6-2)27-40-16-22(42(27)3)20-9-10-23(45-4)25(32)24(20)31/h6-10,15-16,21H,2,5,11-14,33H2,1,3-4H3,(H,36,41)(H,37,43)(H,38,44)(H4,34,35,39)/t21-/m0/s1. The van der Waals surface area contributed by atoms with Crippen molar-refractivity contribution in [1.82, 2.24) is 20.2 Å². The van der Waals surface area contributed by atoms with E-state index in [4.69, 9.17) is 21.9 Å². The molecule has 0 saturated heterocycles. The molecule has 0 saturated carbocycles. The van der Waals surface area contributed by atoms with E-state index in [-0.39, 0.29) is 55.1 Å². The van der Waals surface area contributed by atoms with Gasteiger partial charge in [-0.3, -0.25) is 14.6 Å². The number of hydrogen-bond acceptors (Lipinski definition) is 7. The topological polar surface area (TPSA) is 200 Å². The zero-order valence-electron chi connectivity index (χ0n) is 25.4. The summed E-state index contributed by atoms with van der Waals surface area (Å²) in [7, 11) is 2.90.